The van der Waals surface area contributed by atoms with Crippen molar-refractivity contribution in [3.63, 3.8) is 0 Å². The summed E-state index contributed by atoms with van der Waals surface area (Å²) in [5.41, 5.74) is 4.11. The second-order valence-corrected chi connectivity index (χ2v) is 6.54. The average molecular weight is 240 g/mol. The summed E-state index contributed by atoms with van der Waals surface area (Å²) in [6.45, 7) is 10.9. The van der Waals surface area contributed by atoms with Gasteiger partial charge in [-0.25, -0.2) is 0 Å². The summed E-state index contributed by atoms with van der Waals surface area (Å²) in [6, 6.07) is 2.27. The molecular weight excluding hydrogens is 216 g/mol. The Morgan fingerprint density at radius 3 is 2.44 bits per heavy atom. The quantitative estimate of drug-likeness (QED) is 0.852. The van der Waals surface area contributed by atoms with Crippen molar-refractivity contribution in [3.8, 4) is 0 Å². The van der Waals surface area contributed by atoms with Crippen LogP contribution >= 0.6 is 11.8 Å². The lowest BCUT2D eigenvalue weighted by Gasteiger charge is -2.22. The van der Waals surface area contributed by atoms with Crippen LogP contribution in [0.2, 0.25) is 0 Å². The van der Waals surface area contributed by atoms with Gasteiger partial charge in [-0.2, -0.15) is 11.8 Å². The maximum atomic E-state index is 3.54. The Kier molecular flexibility index (Phi) is 4.51. The first-order valence-electron chi connectivity index (χ1n) is 5.75. The molecule has 1 aromatic rings. The molecular formula is C13H24N2S. The zero-order valence-electron chi connectivity index (χ0n) is 11.3. The van der Waals surface area contributed by atoms with Crippen LogP contribution in [0.1, 0.15) is 30.8 Å². The molecule has 1 N–H and O–H groups in total. The maximum Gasteiger partial charge on any atom is 0.0225 e. The molecule has 0 aliphatic rings. The molecule has 0 aromatic carbocycles. The van der Waals surface area contributed by atoms with Crippen molar-refractivity contribution in [3.05, 3.63) is 23.0 Å². The number of thioether (sulfide) groups is 1. The van der Waals surface area contributed by atoms with E-state index in [0.717, 1.165) is 13.1 Å². The van der Waals surface area contributed by atoms with E-state index in [-0.39, 0.29) is 0 Å². The molecule has 1 rings (SSSR count). The molecule has 0 aliphatic heterocycles. The van der Waals surface area contributed by atoms with Gasteiger partial charge in [0.15, 0.2) is 0 Å². The van der Waals surface area contributed by atoms with Crippen molar-refractivity contribution >= 4 is 11.8 Å². The number of nitrogens with one attached hydrogen (secondary N) is 1. The van der Waals surface area contributed by atoms with E-state index >= 15 is 0 Å². The summed E-state index contributed by atoms with van der Waals surface area (Å²) in [5, 5.41) is 3.54. The predicted molar refractivity (Wildman–Crippen MR) is 74.2 cm³/mol. The van der Waals surface area contributed by atoms with Crippen LogP contribution in [0, 0.1) is 13.8 Å². The minimum Gasteiger partial charge on any atom is -0.352 e. The van der Waals surface area contributed by atoms with Crippen LogP contribution in [0.3, 0.4) is 0 Å². The Balaban J connectivity index is 2.53. The highest BCUT2D eigenvalue weighted by atomic mass is 32.2. The average Bonchev–Trinajstić information content (AvgIpc) is 2.46. The molecule has 16 heavy (non-hydrogen) atoms. The summed E-state index contributed by atoms with van der Waals surface area (Å²) in [7, 11) is 2.12. The van der Waals surface area contributed by atoms with E-state index in [1.165, 1.54) is 17.0 Å². The van der Waals surface area contributed by atoms with Gasteiger partial charge in [-0.3, -0.25) is 0 Å². The van der Waals surface area contributed by atoms with Crippen LogP contribution in [-0.2, 0) is 13.6 Å². The molecule has 2 nitrogen and oxygen atoms in total. The van der Waals surface area contributed by atoms with Crippen LogP contribution in [0.4, 0.5) is 0 Å². The van der Waals surface area contributed by atoms with Crippen molar-refractivity contribution in [2.24, 2.45) is 7.05 Å². The van der Waals surface area contributed by atoms with Gasteiger partial charge in [0.2, 0.25) is 0 Å². The Morgan fingerprint density at radius 2 is 2.00 bits per heavy atom. The third-order valence-electron chi connectivity index (χ3n) is 3.30. The van der Waals surface area contributed by atoms with Gasteiger partial charge in [0.1, 0.15) is 0 Å². The summed E-state index contributed by atoms with van der Waals surface area (Å²) in [5.74, 6) is 0. The summed E-state index contributed by atoms with van der Waals surface area (Å²) in [4.78, 5) is 0. The Hall–Kier alpha value is -0.410. The molecule has 0 bridgehead atoms. The number of aryl methyl sites for hydroxylation is 1. The highest BCUT2D eigenvalue weighted by Crippen LogP contribution is 2.20. The minimum atomic E-state index is 0.317. The molecule has 1 aromatic heterocycles. The Bertz CT molecular complexity index is 353. The Morgan fingerprint density at radius 1 is 1.38 bits per heavy atom. The SMILES string of the molecule is CSC(C)(C)CNCc1cc(C)n(C)c1C. The lowest BCUT2D eigenvalue weighted by Crippen LogP contribution is -2.31. The topological polar surface area (TPSA) is 17.0 Å². The lowest BCUT2D eigenvalue weighted by atomic mass is 10.2. The van der Waals surface area contributed by atoms with E-state index in [2.05, 4.69) is 56.9 Å². The summed E-state index contributed by atoms with van der Waals surface area (Å²) in [6.07, 6.45) is 2.17. The zero-order chi connectivity index (χ0) is 12.3. The third kappa shape index (κ3) is 3.29. The molecule has 0 saturated carbocycles. The Labute approximate surface area is 104 Å². The molecule has 1 heterocycles. The van der Waals surface area contributed by atoms with Crippen LogP contribution in [0.15, 0.2) is 6.07 Å². The molecule has 0 atom stereocenters. The molecule has 0 fully saturated rings. The van der Waals surface area contributed by atoms with E-state index < -0.39 is 0 Å². The van der Waals surface area contributed by atoms with E-state index in [4.69, 9.17) is 0 Å². The number of nitrogens with zero attached hydrogens (tertiary/aromatic N) is 1. The fraction of sp³-hybridized carbons (Fsp3) is 0.692. The van der Waals surface area contributed by atoms with Crippen LogP contribution < -0.4 is 5.32 Å². The lowest BCUT2D eigenvalue weighted by molar-refractivity contribution is 0.589. The number of aromatic nitrogens is 1. The second kappa shape index (κ2) is 5.28. The smallest absolute Gasteiger partial charge is 0.0225 e. The number of hydrogen-bond acceptors (Lipinski definition) is 2. The summed E-state index contributed by atoms with van der Waals surface area (Å²) >= 11 is 1.91. The van der Waals surface area contributed by atoms with Crippen LogP contribution in [0.25, 0.3) is 0 Å². The molecule has 0 aliphatic carbocycles. The monoisotopic (exact) mass is 240 g/mol. The van der Waals surface area contributed by atoms with E-state index in [0.29, 0.717) is 4.75 Å². The standard InChI is InChI=1S/C13H24N2S/c1-10-7-12(11(2)15(10)5)8-14-9-13(3,4)16-6/h7,14H,8-9H2,1-6H3. The van der Waals surface area contributed by atoms with Gasteiger partial charge in [0.05, 0.1) is 0 Å². The molecule has 0 spiro atoms. The van der Waals surface area contributed by atoms with Crippen molar-refractivity contribution in [2.45, 2.75) is 39.0 Å². The first-order chi connectivity index (χ1) is 7.37. The van der Waals surface area contributed by atoms with Gasteiger partial charge in [-0.15, -0.1) is 0 Å². The van der Waals surface area contributed by atoms with Gasteiger partial charge in [-0.05, 0) is 45.6 Å². The van der Waals surface area contributed by atoms with E-state index in [9.17, 15) is 0 Å². The van der Waals surface area contributed by atoms with Crippen molar-refractivity contribution in [2.75, 3.05) is 12.8 Å². The summed E-state index contributed by atoms with van der Waals surface area (Å²) < 4.78 is 2.56. The normalized spacial score (nSPS) is 12.1. The fourth-order valence-corrected chi connectivity index (χ4v) is 1.93. The largest absolute Gasteiger partial charge is 0.352 e. The second-order valence-electron chi connectivity index (χ2n) is 5.02. The first-order valence-corrected chi connectivity index (χ1v) is 6.97. The van der Waals surface area contributed by atoms with Crippen molar-refractivity contribution < 1.29 is 0 Å². The molecule has 3 heteroatoms. The molecule has 0 saturated heterocycles. The fourth-order valence-electron chi connectivity index (χ4n) is 1.68. The minimum absolute atomic E-state index is 0.317. The van der Waals surface area contributed by atoms with Gasteiger partial charge in [0.25, 0.3) is 0 Å². The predicted octanol–water partition coefficient (Wildman–Crippen LogP) is 2.87. The molecule has 0 radical (unpaired) electrons. The molecule has 0 unspecified atom stereocenters. The van der Waals surface area contributed by atoms with Crippen molar-refractivity contribution in [1.29, 1.82) is 0 Å². The maximum absolute atomic E-state index is 3.54. The van der Waals surface area contributed by atoms with Gasteiger partial charge < -0.3 is 9.88 Å². The van der Waals surface area contributed by atoms with E-state index in [1.54, 1.807) is 0 Å². The highest BCUT2D eigenvalue weighted by Gasteiger charge is 2.15. The van der Waals surface area contributed by atoms with Crippen LogP contribution in [0.5, 0.6) is 0 Å². The molecule has 92 valence electrons. The third-order valence-corrected chi connectivity index (χ3v) is 4.55. The van der Waals surface area contributed by atoms with Gasteiger partial charge in [-0.1, -0.05) is 0 Å². The highest BCUT2D eigenvalue weighted by molar-refractivity contribution is 7.99. The van der Waals surface area contributed by atoms with Gasteiger partial charge in [0, 0.05) is 36.3 Å². The van der Waals surface area contributed by atoms with Gasteiger partial charge >= 0.3 is 0 Å². The first kappa shape index (κ1) is 13.7. The van der Waals surface area contributed by atoms with Crippen molar-refractivity contribution in [1.82, 2.24) is 9.88 Å². The number of rotatable bonds is 5. The van der Waals surface area contributed by atoms with Crippen LogP contribution in [-0.4, -0.2) is 22.1 Å². The zero-order valence-corrected chi connectivity index (χ0v) is 12.2. The molecule has 0 amide bonds. The number of hydrogen-bond donors (Lipinski definition) is 1. The van der Waals surface area contributed by atoms with E-state index in [1.807, 2.05) is 11.8 Å².